The first-order valence-electron chi connectivity index (χ1n) is 8.54. The summed E-state index contributed by atoms with van der Waals surface area (Å²) in [4.78, 5) is 5.10. The number of hydrogen-bond acceptors (Lipinski definition) is 3. The van der Waals surface area contributed by atoms with Crippen LogP contribution in [-0.4, -0.2) is 56.1 Å². The highest BCUT2D eigenvalue weighted by Gasteiger charge is 2.23. The van der Waals surface area contributed by atoms with Crippen LogP contribution in [0.5, 0.6) is 0 Å². The minimum absolute atomic E-state index is 0.396. The smallest absolute Gasteiger partial charge is 0.0109 e. The van der Waals surface area contributed by atoms with Gasteiger partial charge in [0.15, 0.2) is 0 Å². The maximum absolute atomic E-state index is 5.76. The number of nitrogens with zero attached hydrogens (tertiary/aromatic N) is 2. The Hall–Kier alpha value is -0.120. The van der Waals surface area contributed by atoms with Crippen LogP contribution in [0.4, 0.5) is 0 Å². The molecule has 1 aliphatic heterocycles. The summed E-state index contributed by atoms with van der Waals surface area (Å²) in [6.07, 6.45) is 6.58. The Morgan fingerprint density at radius 3 is 2.30 bits per heavy atom. The van der Waals surface area contributed by atoms with Gasteiger partial charge in [0.05, 0.1) is 0 Å². The molecule has 1 heterocycles. The van der Waals surface area contributed by atoms with E-state index in [0.717, 1.165) is 12.5 Å². The Labute approximate surface area is 126 Å². The van der Waals surface area contributed by atoms with Crippen molar-refractivity contribution in [2.24, 2.45) is 17.1 Å². The largest absolute Gasteiger partial charge is 0.330 e. The van der Waals surface area contributed by atoms with Gasteiger partial charge in [-0.25, -0.2) is 0 Å². The molecule has 0 radical (unpaired) electrons. The van der Waals surface area contributed by atoms with Crippen molar-refractivity contribution in [1.82, 2.24) is 9.80 Å². The molecule has 0 spiro atoms. The minimum Gasteiger partial charge on any atom is -0.330 e. The number of hydrogen-bond donors (Lipinski definition) is 1. The summed E-state index contributed by atoms with van der Waals surface area (Å²) in [5, 5.41) is 0. The molecule has 1 unspecified atom stereocenters. The van der Waals surface area contributed by atoms with Gasteiger partial charge in [0.25, 0.3) is 0 Å². The van der Waals surface area contributed by atoms with E-state index in [2.05, 4.69) is 37.6 Å². The summed E-state index contributed by atoms with van der Waals surface area (Å²) >= 11 is 0. The van der Waals surface area contributed by atoms with Crippen molar-refractivity contribution in [3.05, 3.63) is 0 Å². The Balaban J connectivity index is 2.14. The lowest BCUT2D eigenvalue weighted by Crippen LogP contribution is -2.32. The topological polar surface area (TPSA) is 32.5 Å². The van der Waals surface area contributed by atoms with Gasteiger partial charge in [0.2, 0.25) is 0 Å². The van der Waals surface area contributed by atoms with E-state index in [9.17, 15) is 0 Å². The van der Waals surface area contributed by atoms with Crippen molar-refractivity contribution in [2.45, 2.75) is 52.9 Å². The number of likely N-dealkylation sites (N-methyl/N-ethyl adjacent to an activating group) is 1. The second-order valence-corrected chi connectivity index (χ2v) is 7.63. The van der Waals surface area contributed by atoms with Crippen LogP contribution < -0.4 is 5.73 Å². The average Bonchev–Trinajstić information content (AvgIpc) is 2.87. The highest BCUT2D eigenvalue weighted by molar-refractivity contribution is 4.75. The molecule has 1 fully saturated rings. The van der Waals surface area contributed by atoms with Crippen molar-refractivity contribution in [3.8, 4) is 0 Å². The van der Waals surface area contributed by atoms with Crippen LogP contribution in [0.15, 0.2) is 0 Å². The first kappa shape index (κ1) is 17.9. The highest BCUT2D eigenvalue weighted by atomic mass is 15.2. The van der Waals surface area contributed by atoms with E-state index in [-0.39, 0.29) is 0 Å². The molecule has 1 aliphatic rings. The molecule has 2 N–H and O–H groups in total. The predicted molar refractivity (Wildman–Crippen MR) is 89.0 cm³/mol. The van der Waals surface area contributed by atoms with E-state index in [1.54, 1.807) is 0 Å². The van der Waals surface area contributed by atoms with Crippen molar-refractivity contribution in [3.63, 3.8) is 0 Å². The van der Waals surface area contributed by atoms with Crippen LogP contribution in [-0.2, 0) is 0 Å². The van der Waals surface area contributed by atoms with Crippen LogP contribution >= 0.6 is 0 Å². The molecule has 120 valence electrons. The molecule has 1 atom stereocenters. The standard InChI is InChI=1S/C17H37N3/c1-17(2,3)16(9-10-18)8-7-11-19(4)14-15-20-12-5-6-13-20/h16H,5-15,18H2,1-4H3. The fraction of sp³-hybridized carbons (Fsp3) is 1.00. The van der Waals surface area contributed by atoms with E-state index in [1.165, 1.54) is 64.8 Å². The summed E-state index contributed by atoms with van der Waals surface area (Å²) in [6.45, 7) is 14.2. The molecule has 0 aromatic carbocycles. The maximum Gasteiger partial charge on any atom is 0.0109 e. The molecule has 0 bridgehead atoms. The quantitative estimate of drug-likeness (QED) is 0.706. The molecule has 3 nitrogen and oxygen atoms in total. The van der Waals surface area contributed by atoms with Gasteiger partial charge >= 0.3 is 0 Å². The summed E-state index contributed by atoms with van der Waals surface area (Å²) in [6, 6.07) is 0. The third-order valence-electron chi connectivity index (χ3n) is 4.83. The van der Waals surface area contributed by atoms with Crippen LogP contribution in [0.3, 0.4) is 0 Å². The molecule has 0 aromatic rings. The highest BCUT2D eigenvalue weighted by Crippen LogP contribution is 2.32. The zero-order valence-corrected chi connectivity index (χ0v) is 14.3. The number of rotatable bonds is 9. The summed E-state index contributed by atoms with van der Waals surface area (Å²) < 4.78 is 0. The van der Waals surface area contributed by atoms with Gasteiger partial charge in [-0.1, -0.05) is 20.8 Å². The minimum atomic E-state index is 0.396. The second-order valence-electron chi connectivity index (χ2n) is 7.63. The monoisotopic (exact) mass is 283 g/mol. The summed E-state index contributed by atoms with van der Waals surface area (Å²) in [5.41, 5.74) is 6.16. The van der Waals surface area contributed by atoms with E-state index in [4.69, 9.17) is 5.73 Å². The second kappa shape index (κ2) is 9.01. The first-order chi connectivity index (χ1) is 9.43. The van der Waals surface area contributed by atoms with Crippen molar-refractivity contribution < 1.29 is 0 Å². The Bertz CT molecular complexity index is 241. The molecule has 0 aromatic heterocycles. The zero-order chi connectivity index (χ0) is 15.0. The van der Waals surface area contributed by atoms with Gasteiger partial charge in [-0.2, -0.15) is 0 Å². The first-order valence-corrected chi connectivity index (χ1v) is 8.54. The zero-order valence-electron chi connectivity index (χ0n) is 14.3. The SMILES string of the molecule is CN(CCCC(CCN)C(C)(C)C)CCN1CCCC1. The molecular weight excluding hydrogens is 246 g/mol. The van der Waals surface area contributed by atoms with Gasteiger partial charge < -0.3 is 15.5 Å². The normalized spacial score (nSPS) is 18.9. The van der Waals surface area contributed by atoms with Crippen LogP contribution in [0, 0.1) is 11.3 Å². The molecule has 0 amide bonds. The van der Waals surface area contributed by atoms with E-state index < -0.39 is 0 Å². The third kappa shape index (κ3) is 7.05. The molecule has 20 heavy (non-hydrogen) atoms. The molecule has 0 saturated carbocycles. The maximum atomic E-state index is 5.76. The van der Waals surface area contributed by atoms with Gasteiger partial charge in [-0.3, -0.25) is 0 Å². The molecule has 1 saturated heterocycles. The van der Waals surface area contributed by atoms with Gasteiger partial charge in [-0.05, 0) is 76.7 Å². The van der Waals surface area contributed by atoms with Crippen LogP contribution in [0.1, 0.15) is 52.9 Å². The van der Waals surface area contributed by atoms with Gasteiger partial charge in [0.1, 0.15) is 0 Å². The summed E-state index contributed by atoms with van der Waals surface area (Å²) in [5.74, 6) is 0.763. The van der Waals surface area contributed by atoms with Crippen molar-refractivity contribution in [2.75, 3.05) is 46.3 Å². The molecule has 1 rings (SSSR count). The van der Waals surface area contributed by atoms with Gasteiger partial charge in [0, 0.05) is 13.1 Å². The Kier molecular flexibility index (Phi) is 8.08. The van der Waals surface area contributed by atoms with Crippen molar-refractivity contribution in [1.29, 1.82) is 0 Å². The fourth-order valence-electron chi connectivity index (χ4n) is 3.25. The van der Waals surface area contributed by atoms with E-state index >= 15 is 0 Å². The Morgan fingerprint density at radius 2 is 1.75 bits per heavy atom. The van der Waals surface area contributed by atoms with E-state index in [1.807, 2.05) is 0 Å². The lowest BCUT2D eigenvalue weighted by atomic mass is 9.76. The number of nitrogens with two attached hydrogens (primary N) is 1. The predicted octanol–water partition coefficient (Wildman–Crippen LogP) is 2.81. The lowest BCUT2D eigenvalue weighted by Gasteiger charge is -2.31. The van der Waals surface area contributed by atoms with Crippen molar-refractivity contribution >= 4 is 0 Å². The van der Waals surface area contributed by atoms with Gasteiger partial charge in [-0.15, -0.1) is 0 Å². The van der Waals surface area contributed by atoms with Crippen LogP contribution in [0.25, 0.3) is 0 Å². The lowest BCUT2D eigenvalue weighted by molar-refractivity contribution is 0.195. The average molecular weight is 284 g/mol. The number of likely N-dealkylation sites (tertiary alicyclic amines) is 1. The molecule has 0 aliphatic carbocycles. The third-order valence-corrected chi connectivity index (χ3v) is 4.83. The van der Waals surface area contributed by atoms with E-state index in [0.29, 0.717) is 5.41 Å². The molecular formula is C17H37N3. The fourth-order valence-corrected chi connectivity index (χ4v) is 3.25. The summed E-state index contributed by atoms with van der Waals surface area (Å²) in [7, 11) is 2.27. The van der Waals surface area contributed by atoms with Crippen LogP contribution in [0.2, 0.25) is 0 Å². The molecule has 3 heteroatoms. The Morgan fingerprint density at radius 1 is 1.10 bits per heavy atom.